The fraction of sp³-hybridized carbons (Fsp3) is 0.100. The van der Waals surface area contributed by atoms with Crippen LogP contribution in [0, 0.1) is 0 Å². The number of nitrogens with zero attached hydrogens (tertiary/aromatic N) is 1. The summed E-state index contributed by atoms with van der Waals surface area (Å²) >= 11 is 0. The average molecular weight is 350 g/mol. The molecule has 0 spiro atoms. The summed E-state index contributed by atoms with van der Waals surface area (Å²) in [4.78, 5) is 16.6. The van der Waals surface area contributed by atoms with Gasteiger partial charge in [-0.25, -0.2) is 4.98 Å². The van der Waals surface area contributed by atoms with E-state index in [9.17, 15) is 4.79 Å². The minimum Gasteiger partial charge on any atom is -0.497 e. The van der Waals surface area contributed by atoms with Crippen LogP contribution >= 0.6 is 0 Å². The average Bonchev–Trinajstić information content (AvgIpc) is 2.69. The predicted molar refractivity (Wildman–Crippen MR) is 98.3 cm³/mol. The molecule has 0 saturated carbocycles. The number of nitrogens with one attached hydrogen (secondary N) is 1. The number of aromatic nitrogens is 1. The van der Waals surface area contributed by atoms with Crippen molar-refractivity contribution in [3.05, 3.63) is 72.4 Å². The summed E-state index contributed by atoms with van der Waals surface area (Å²) in [6.45, 7) is 0. The van der Waals surface area contributed by atoms with E-state index in [2.05, 4.69) is 10.3 Å². The highest BCUT2D eigenvalue weighted by atomic mass is 16.5. The second-order valence-electron chi connectivity index (χ2n) is 5.32. The summed E-state index contributed by atoms with van der Waals surface area (Å²) in [5.41, 5.74) is 0.950. The van der Waals surface area contributed by atoms with E-state index in [1.54, 1.807) is 37.4 Å². The molecule has 3 aromatic rings. The maximum atomic E-state index is 12.4. The zero-order valence-corrected chi connectivity index (χ0v) is 14.4. The molecule has 6 nitrogen and oxygen atoms in total. The smallest absolute Gasteiger partial charge is 0.257 e. The quantitative estimate of drug-likeness (QED) is 0.723. The van der Waals surface area contributed by atoms with Crippen molar-refractivity contribution < 1.29 is 19.0 Å². The van der Waals surface area contributed by atoms with Crippen molar-refractivity contribution in [3.63, 3.8) is 0 Å². The van der Waals surface area contributed by atoms with Gasteiger partial charge in [0.15, 0.2) is 0 Å². The van der Waals surface area contributed by atoms with Gasteiger partial charge in [0, 0.05) is 18.3 Å². The first-order chi connectivity index (χ1) is 12.7. The lowest BCUT2D eigenvalue weighted by Gasteiger charge is -2.11. The van der Waals surface area contributed by atoms with E-state index in [0.717, 1.165) is 0 Å². The first kappa shape index (κ1) is 17.3. The number of amides is 1. The number of carbonyl (C=O) groups excluding carboxylic acids is 1. The topological polar surface area (TPSA) is 69.7 Å². The third-order valence-corrected chi connectivity index (χ3v) is 3.62. The van der Waals surface area contributed by atoms with Gasteiger partial charge in [-0.3, -0.25) is 4.79 Å². The van der Waals surface area contributed by atoms with Crippen molar-refractivity contribution in [1.82, 2.24) is 4.98 Å². The molecular formula is C20H18N2O4. The standard InChI is InChI=1S/C20H18N2O4/c1-24-16-9-10-17(18(12-16)25-2)22-20(23)14-8-11-19(21-13-14)26-15-6-4-3-5-7-15/h3-13H,1-2H3,(H,22,23). The lowest BCUT2D eigenvalue weighted by Crippen LogP contribution is -2.13. The fourth-order valence-electron chi connectivity index (χ4n) is 2.28. The van der Waals surface area contributed by atoms with Gasteiger partial charge < -0.3 is 19.5 Å². The van der Waals surface area contributed by atoms with Crippen LogP contribution in [0.25, 0.3) is 0 Å². The Hall–Kier alpha value is -3.54. The van der Waals surface area contributed by atoms with Crippen molar-refractivity contribution in [2.45, 2.75) is 0 Å². The minimum atomic E-state index is -0.299. The largest absolute Gasteiger partial charge is 0.497 e. The van der Waals surface area contributed by atoms with E-state index in [0.29, 0.717) is 34.4 Å². The van der Waals surface area contributed by atoms with Gasteiger partial charge in [-0.1, -0.05) is 18.2 Å². The molecule has 1 amide bonds. The Morgan fingerprint density at radius 1 is 0.923 bits per heavy atom. The molecule has 26 heavy (non-hydrogen) atoms. The van der Waals surface area contributed by atoms with Crippen LogP contribution in [0.3, 0.4) is 0 Å². The second-order valence-corrected chi connectivity index (χ2v) is 5.32. The number of hydrogen-bond donors (Lipinski definition) is 1. The normalized spacial score (nSPS) is 10.1. The third-order valence-electron chi connectivity index (χ3n) is 3.62. The second kappa shape index (κ2) is 8.02. The van der Waals surface area contributed by atoms with Crippen LogP contribution in [0.5, 0.6) is 23.1 Å². The number of hydrogen-bond acceptors (Lipinski definition) is 5. The number of methoxy groups -OCH3 is 2. The van der Waals surface area contributed by atoms with Gasteiger partial charge in [0.2, 0.25) is 5.88 Å². The monoisotopic (exact) mass is 350 g/mol. The molecule has 0 aliphatic carbocycles. The molecule has 0 fully saturated rings. The number of para-hydroxylation sites is 1. The van der Waals surface area contributed by atoms with Crippen molar-refractivity contribution in [3.8, 4) is 23.1 Å². The van der Waals surface area contributed by atoms with Gasteiger partial charge in [0.25, 0.3) is 5.91 Å². The van der Waals surface area contributed by atoms with Crippen molar-refractivity contribution >= 4 is 11.6 Å². The first-order valence-corrected chi connectivity index (χ1v) is 7.92. The Labute approximate surface area is 151 Å². The predicted octanol–water partition coefficient (Wildman–Crippen LogP) is 4.14. The molecule has 6 heteroatoms. The van der Waals surface area contributed by atoms with Gasteiger partial charge in [0.1, 0.15) is 17.2 Å². The van der Waals surface area contributed by atoms with Crippen LogP contribution < -0.4 is 19.5 Å². The molecule has 0 atom stereocenters. The van der Waals surface area contributed by atoms with Gasteiger partial charge >= 0.3 is 0 Å². The lowest BCUT2D eigenvalue weighted by molar-refractivity contribution is 0.102. The summed E-state index contributed by atoms with van der Waals surface area (Å²) < 4.78 is 16.0. The van der Waals surface area contributed by atoms with Crippen LogP contribution in [0.1, 0.15) is 10.4 Å². The van der Waals surface area contributed by atoms with E-state index in [-0.39, 0.29) is 5.91 Å². The summed E-state index contributed by atoms with van der Waals surface area (Å²) in [6, 6.07) is 17.8. The molecule has 1 aromatic heterocycles. The van der Waals surface area contributed by atoms with Crippen LogP contribution in [0.15, 0.2) is 66.9 Å². The number of carbonyl (C=O) groups is 1. The van der Waals surface area contributed by atoms with Crippen molar-refractivity contribution in [2.75, 3.05) is 19.5 Å². The van der Waals surface area contributed by atoms with Gasteiger partial charge in [0.05, 0.1) is 25.5 Å². The van der Waals surface area contributed by atoms with E-state index in [4.69, 9.17) is 14.2 Å². The zero-order chi connectivity index (χ0) is 18.4. The van der Waals surface area contributed by atoms with Crippen molar-refractivity contribution in [1.29, 1.82) is 0 Å². The maximum absolute atomic E-state index is 12.4. The molecule has 3 rings (SSSR count). The van der Waals surface area contributed by atoms with Crippen LogP contribution in [0.4, 0.5) is 5.69 Å². The molecule has 0 aliphatic rings. The van der Waals surface area contributed by atoms with E-state index in [1.807, 2.05) is 30.3 Å². The van der Waals surface area contributed by atoms with Crippen molar-refractivity contribution in [2.24, 2.45) is 0 Å². The Balaban J connectivity index is 1.70. The van der Waals surface area contributed by atoms with Gasteiger partial charge in [-0.2, -0.15) is 0 Å². The van der Waals surface area contributed by atoms with Gasteiger partial charge in [-0.05, 0) is 30.3 Å². The molecule has 2 aromatic carbocycles. The molecule has 1 N–H and O–H groups in total. The Bertz CT molecular complexity index is 880. The van der Waals surface area contributed by atoms with E-state index in [1.165, 1.54) is 13.3 Å². The highest BCUT2D eigenvalue weighted by Gasteiger charge is 2.11. The number of rotatable bonds is 6. The fourth-order valence-corrected chi connectivity index (χ4v) is 2.28. The highest BCUT2D eigenvalue weighted by molar-refractivity contribution is 6.04. The summed E-state index contributed by atoms with van der Waals surface area (Å²) in [7, 11) is 3.10. The highest BCUT2D eigenvalue weighted by Crippen LogP contribution is 2.29. The molecule has 0 radical (unpaired) electrons. The van der Waals surface area contributed by atoms with Crippen LogP contribution in [-0.4, -0.2) is 25.1 Å². The summed E-state index contributed by atoms with van der Waals surface area (Å²) in [6.07, 6.45) is 1.46. The molecular weight excluding hydrogens is 332 g/mol. The molecule has 132 valence electrons. The molecule has 0 saturated heterocycles. The Kier molecular flexibility index (Phi) is 5.34. The minimum absolute atomic E-state index is 0.299. The molecule has 0 bridgehead atoms. The summed E-state index contributed by atoms with van der Waals surface area (Å²) in [5.74, 6) is 1.95. The lowest BCUT2D eigenvalue weighted by atomic mass is 10.2. The molecule has 1 heterocycles. The van der Waals surface area contributed by atoms with Gasteiger partial charge in [-0.15, -0.1) is 0 Å². The summed E-state index contributed by atoms with van der Waals surface area (Å²) in [5, 5.41) is 2.80. The zero-order valence-electron chi connectivity index (χ0n) is 14.4. The Morgan fingerprint density at radius 3 is 2.38 bits per heavy atom. The van der Waals surface area contributed by atoms with Crippen LogP contribution in [-0.2, 0) is 0 Å². The Morgan fingerprint density at radius 2 is 1.73 bits per heavy atom. The third kappa shape index (κ3) is 4.10. The number of pyridine rings is 1. The number of anilines is 1. The van der Waals surface area contributed by atoms with Crippen LogP contribution in [0.2, 0.25) is 0 Å². The SMILES string of the molecule is COc1ccc(NC(=O)c2ccc(Oc3ccccc3)nc2)c(OC)c1. The first-order valence-electron chi connectivity index (χ1n) is 7.92. The van der Waals surface area contributed by atoms with E-state index < -0.39 is 0 Å². The number of ether oxygens (including phenoxy) is 3. The number of benzene rings is 2. The maximum Gasteiger partial charge on any atom is 0.257 e. The molecule has 0 aliphatic heterocycles. The van der Waals surface area contributed by atoms with E-state index >= 15 is 0 Å². The molecule has 0 unspecified atom stereocenters.